The number of aliphatic imine (C=N–C) groups is 1. The highest BCUT2D eigenvalue weighted by molar-refractivity contribution is 5.81. The highest BCUT2D eigenvalue weighted by Gasteiger charge is 2.25. The first-order chi connectivity index (χ1) is 11.8. The molecule has 24 heavy (non-hydrogen) atoms. The minimum absolute atomic E-state index is 0.0473. The smallest absolute Gasteiger partial charge is 0.194 e. The second kappa shape index (κ2) is 6.61. The third kappa shape index (κ3) is 3.12. The minimum atomic E-state index is -0.213. The summed E-state index contributed by atoms with van der Waals surface area (Å²) < 4.78 is 19.0. The van der Waals surface area contributed by atoms with E-state index in [1.54, 1.807) is 12.1 Å². The number of ether oxygens (including phenoxy) is 1. The van der Waals surface area contributed by atoms with E-state index in [0.29, 0.717) is 6.61 Å². The normalized spacial score (nSPS) is 20.6. The Labute approximate surface area is 141 Å². The standard InChI is InChI=1S/C19H20FN3O/c20-17-7-5-15(6-8-17)14-1-3-16(4-2-14)18-13-23(11-12-24-18)19-21-9-10-22-19/h1-8,18H,9-13H2,(H,21,22). The number of hydrogen-bond donors (Lipinski definition) is 1. The van der Waals surface area contributed by atoms with Gasteiger partial charge in [-0.1, -0.05) is 36.4 Å². The Morgan fingerprint density at radius 2 is 1.75 bits per heavy atom. The van der Waals surface area contributed by atoms with Crippen LogP contribution in [0.25, 0.3) is 11.1 Å². The number of rotatable bonds is 2. The van der Waals surface area contributed by atoms with E-state index in [-0.39, 0.29) is 11.9 Å². The van der Waals surface area contributed by atoms with E-state index in [4.69, 9.17) is 4.74 Å². The summed E-state index contributed by atoms with van der Waals surface area (Å²) in [4.78, 5) is 6.75. The molecule has 5 heteroatoms. The lowest BCUT2D eigenvalue weighted by atomic mass is 10.0. The summed E-state index contributed by atoms with van der Waals surface area (Å²) in [6.07, 6.45) is 0.0473. The predicted octanol–water partition coefficient (Wildman–Crippen LogP) is 2.83. The first-order valence-electron chi connectivity index (χ1n) is 8.30. The van der Waals surface area contributed by atoms with Crippen molar-refractivity contribution in [3.05, 3.63) is 59.9 Å². The van der Waals surface area contributed by atoms with Gasteiger partial charge in [0.05, 0.1) is 19.7 Å². The van der Waals surface area contributed by atoms with Crippen molar-refractivity contribution in [3.8, 4) is 11.1 Å². The van der Waals surface area contributed by atoms with E-state index in [1.165, 1.54) is 12.1 Å². The molecule has 4 rings (SSSR count). The van der Waals surface area contributed by atoms with Gasteiger partial charge in [-0.2, -0.15) is 0 Å². The SMILES string of the molecule is Fc1ccc(-c2ccc(C3CN(C4=NCCN4)CCO3)cc2)cc1. The molecule has 2 heterocycles. The fourth-order valence-electron chi connectivity index (χ4n) is 3.17. The third-order valence-corrected chi connectivity index (χ3v) is 4.48. The summed E-state index contributed by atoms with van der Waals surface area (Å²) >= 11 is 0. The molecule has 0 bridgehead atoms. The second-order valence-electron chi connectivity index (χ2n) is 6.07. The molecule has 0 aliphatic carbocycles. The lowest BCUT2D eigenvalue weighted by Gasteiger charge is -2.34. The van der Waals surface area contributed by atoms with Crippen LogP contribution < -0.4 is 5.32 Å². The first kappa shape index (κ1) is 15.1. The van der Waals surface area contributed by atoms with Gasteiger partial charge >= 0.3 is 0 Å². The molecule has 2 aliphatic rings. The van der Waals surface area contributed by atoms with Gasteiger partial charge in [0, 0.05) is 13.1 Å². The zero-order valence-electron chi connectivity index (χ0n) is 13.4. The number of halogens is 1. The number of hydrogen-bond acceptors (Lipinski definition) is 4. The van der Waals surface area contributed by atoms with Crippen LogP contribution in [0, 0.1) is 5.82 Å². The van der Waals surface area contributed by atoms with Crippen LogP contribution in [0.2, 0.25) is 0 Å². The molecule has 124 valence electrons. The number of guanidine groups is 1. The van der Waals surface area contributed by atoms with E-state index in [2.05, 4.69) is 39.5 Å². The molecule has 0 amide bonds. The molecular weight excluding hydrogens is 305 g/mol. The molecule has 2 aromatic rings. The van der Waals surface area contributed by atoms with Crippen molar-refractivity contribution in [2.75, 3.05) is 32.8 Å². The molecule has 1 N–H and O–H groups in total. The Kier molecular flexibility index (Phi) is 4.17. The number of nitrogens with one attached hydrogen (secondary N) is 1. The van der Waals surface area contributed by atoms with Crippen molar-refractivity contribution < 1.29 is 9.13 Å². The largest absolute Gasteiger partial charge is 0.370 e. The van der Waals surface area contributed by atoms with Crippen molar-refractivity contribution >= 4 is 5.96 Å². The van der Waals surface area contributed by atoms with Gasteiger partial charge in [0.25, 0.3) is 0 Å². The number of nitrogens with zero attached hydrogens (tertiary/aromatic N) is 2. The van der Waals surface area contributed by atoms with Gasteiger partial charge in [0.2, 0.25) is 0 Å². The molecule has 0 saturated carbocycles. The third-order valence-electron chi connectivity index (χ3n) is 4.48. The molecule has 2 aromatic carbocycles. The Balaban J connectivity index is 1.49. The molecule has 1 unspecified atom stereocenters. The van der Waals surface area contributed by atoms with E-state index >= 15 is 0 Å². The van der Waals surface area contributed by atoms with Crippen LogP contribution >= 0.6 is 0 Å². The van der Waals surface area contributed by atoms with Crippen molar-refractivity contribution in [1.29, 1.82) is 0 Å². The zero-order chi connectivity index (χ0) is 16.4. The molecule has 1 fully saturated rings. The van der Waals surface area contributed by atoms with Gasteiger partial charge in [0.1, 0.15) is 11.9 Å². The highest BCUT2D eigenvalue weighted by atomic mass is 19.1. The van der Waals surface area contributed by atoms with E-state index < -0.39 is 0 Å². The summed E-state index contributed by atoms with van der Waals surface area (Å²) in [6, 6.07) is 14.9. The molecule has 1 atom stereocenters. The maximum Gasteiger partial charge on any atom is 0.194 e. The highest BCUT2D eigenvalue weighted by Crippen LogP contribution is 2.26. The van der Waals surface area contributed by atoms with Crippen molar-refractivity contribution in [1.82, 2.24) is 10.2 Å². The van der Waals surface area contributed by atoms with Crippen LogP contribution in [0.4, 0.5) is 4.39 Å². The molecule has 4 nitrogen and oxygen atoms in total. The maximum absolute atomic E-state index is 13.0. The molecule has 0 radical (unpaired) electrons. The molecular formula is C19H20FN3O. The van der Waals surface area contributed by atoms with Gasteiger partial charge in [0.15, 0.2) is 5.96 Å². The van der Waals surface area contributed by atoms with Crippen LogP contribution in [0.15, 0.2) is 53.5 Å². The van der Waals surface area contributed by atoms with E-state index in [9.17, 15) is 4.39 Å². The summed E-state index contributed by atoms with van der Waals surface area (Å²) in [5, 5.41) is 3.32. The Morgan fingerprint density at radius 3 is 2.42 bits per heavy atom. The quantitative estimate of drug-likeness (QED) is 0.922. The van der Waals surface area contributed by atoms with Gasteiger partial charge < -0.3 is 15.0 Å². The van der Waals surface area contributed by atoms with E-state index in [1.807, 2.05) is 0 Å². The second-order valence-corrected chi connectivity index (χ2v) is 6.07. The Morgan fingerprint density at radius 1 is 1.04 bits per heavy atom. The van der Waals surface area contributed by atoms with Crippen molar-refractivity contribution in [2.24, 2.45) is 4.99 Å². The fourth-order valence-corrected chi connectivity index (χ4v) is 3.17. The van der Waals surface area contributed by atoms with Gasteiger partial charge in [-0.15, -0.1) is 0 Å². The summed E-state index contributed by atoms with van der Waals surface area (Å²) in [6.45, 7) is 4.15. The van der Waals surface area contributed by atoms with Gasteiger partial charge in [-0.05, 0) is 28.8 Å². The lowest BCUT2D eigenvalue weighted by molar-refractivity contribution is -0.00768. The molecule has 0 aromatic heterocycles. The first-order valence-corrected chi connectivity index (χ1v) is 8.30. The van der Waals surface area contributed by atoms with Gasteiger partial charge in [-0.3, -0.25) is 4.99 Å². The minimum Gasteiger partial charge on any atom is -0.370 e. The number of benzene rings is 2. The average molecular weight is 325 g/mol. The predicted molar refractivity (Wildman–Crippen MR) is 92.4 cm³/mol. The fraction of sp³-hybridized carbons (Fsp3) is 0.316. The summed E-state index contributed by atoms with van der Waals surface area (Å²) in [7, 11) is 0. The monoisotopic (exact) mass is 325 g/mol. The maximum atomic E-state index is 13.0. The van der Waals surface area contributed by atoms with E-state index in [0.717, 1.165) is 48.8 Å². The van der Waals surface area contributed by atoms with Crippen LogP contribution in [-0.2, 0) is 4.74 Å². The molecule has 0 spiro atoms. The van der Waals surface area contributed by atoms with Crippen molar-refractivity contribution in [2.45, 2.75) is 6.10 Å². The average Bonchev–Trinajstić information content (AvgIpc) is 3.17. The zero-order valence-corrected chi connectivity index (χ0v) is 13.4. The van der Waals surface area contributed by atoms with Crippen LogP contribution in [0.1, 0.15) is 11.7 Å². The molecule has 2 aliphatic heterocycles. The Hall–Kier alpha value is -2.40. The Bertz CT molecular complexity index is 727. The topological polar surface area (TPSA) is 36.9 Å². The van der Waals surface area contributed by atoms with Crippen LogP contribution in [0.3, 0.4) is 0 Å². The molecule has 1 saturated heterocycles. The number of morpholine rings is 1. The van der Waals surface area contributed by atoms with Crippen LogP contribution in [0.5, 0.6) is 0 Å². The van der Waals surface area contributed by atoms with Crippen LogP contribution in [-0.4, -0.2) is 43.6 Å². The summed E-state index contributed by atoms with van der Waals surface area (Å²) in [5.41, 5.74) is 3.25. The summed E-state index contributed by atoms with van der Waals surface area (Å²) in [5.74, 6) is 0.778. The van der Waals surface area contributed by atoms with Gasteiger partial charge in [-0.25, -0.2) is 4.39 Å². The van der Waals surface area contributed by atoms with Crippen molar-refractivity contribution in [3.63, 3.8) is 0 Å². The lowest BCUT2D eigenvalue weighted by Crippen LogP contribution is -2.46.